The van der Waals surface area contributed by atoms with E-state index in [0.717, 1.165) is 10.4 Å². The van der Waals surface area contributed by atoms with Crippen molar-refractivity contribution in [2.75, 3.05) is 0 Å². The first-order chi connectivity index (χ1) is 11.7. The molecule has 2 nitrogen and oxygen atoms in total. The lowest BCUT2D eigenvalue weighted by Crippen LogP contribution is -2.69. The summed E-state index contributed by atoms with van der Waals surface area (Å²) in [6, 6.07) is 20.8. The molecule has 0 fully saturated rings. The van der Waals surface area contributed by atoms with Crippen LogP contribution in [0.3, 0.4) is 0 Å². The van der Waals surface area contributed by atoms with E-state index < -0.39 is 25.2 Å². The predicted molar refractivity (Wildman–Crippen MR) is 115 cm³/mol. The second kappa shape index (κ2) is 7.80. The number of hydrogen-bond acceptors (Lipinski definition) is 2. The third kappa shape index (κ3) is 4.77. The summed E-state index contributed by atoms with van der Waals surface area (Å²) in [5.74, 6) is 0. The Morgan fingerprint density at radius 3 is 1.24 bits per heavy atom. The second-order valence-electron chi connectivity index (χ2n) is 7.17. The van der Waals surface area contributed by atoms with Gasteiger partial charge in [-0.15, -0.1) is 13.2 Å². The van der Waals surface area contributed by atoms with Gasteiger partial charge in [-0.2, -0.15) is 0 Å². The van der Waals surface area contributed by atoms with Gasteiger partial charge >= 0.3 is 8.56 Å². The van der Waals surface area contributed by atoms with Crippen LogP contribution in [0.15, 0.2) is 85.2 Å². The lowest BCUT2D eigenvalue weighted by atomic mass is 10.4. The minimum absolute atomic E-state index is 1.13. The third-order valence-corrected chi connectivity index (χ3v) is 14.8. The summed E-state index contributed by atoms with van der Waals surface area (Å²) in [6.45, 7) is 16.7. The van der Waals surface area contributed by atoms with Crippen molar-refractivity contribution in [2.24, 2.45) is 0 Å². The van der Waals surface area contributed by atoms with Crippen LogP contribution in [0.2, 0.25) is 26.2 Å². The van der Waals surface area contributed by atoms with Crippen molar-refractivity contribution in [2.45, 2.75) is 26.2 Å². The van der Waals surface area contributed by atoms with Crippen LogP contribution < -0.4 is 10.4 Å². The van der Waals surface area contributed by atoms with Gasteiger partial charge in [-0.05, 0) is 36.6 Å². The van der Waals surface area contributed by atoms with Gasteiger partial charge in [0.25, 0.3) is 0 Å². The van der Waals surface area contributed by atoms with Crippen LogP contribution in [0.4, 0.5) is 0 Å². The zero-order valence-corrected chi connectivity index (χ0v) is 18.7. The minimum Gasteiger partial charge on any atom is -0.426 e. The topological polar surface area (TPSA) is 18.5 Å². The van der Waals surface area contributed by atoms with Gasteiger partial charge in [-0.1, -0.05) is 72.1 Å². The average Bonchev–Trinajstić information content (AvgIpc) is 2.62. The molecule has 0 aromatic heterocycles. The summed E-state index contributed by atoms with van der Waals surface area (Å²) in [5, 5.41) is 2.26. The highest BCUT2D eigenvalue weighted by molar-refractivity contribution is 7.03. The molecule has 0 spiro atoms. The molecule has 0 aliphatic heterocycles. The fourth-order valence-corrected chi connectivity index (χ4v) is 13.2. The first kappa shape index (κ1) is 19.8. The molecule has 0 aliphatic carbocycles. The SMILES string of the molecule is C=C[Si](C)(C)O[Si](O[Si](C)(C)C=C)(c1ccccc1)c1ccccc1. The summed E-state index contributed by atoms with van der Waals surface area (Å²) in [5.41, 5.74) is 3.96. The molecule has 0 saturated heterocycles. The summed E-state index contributed by atoms with van der Waals surface area (Å²) >= 11 is 0. The van der Waals surface area contributed by atoms with E-state index in [1.54, 1.807) is 0 Å². The van der Waals surface area contributed by atoms with E-state index in [9.17, 15) is 0 Å². The van der Waals surface area contributed by atoms with Gasteiger partial charge < -0.3 is 8.23 Å². The summed E-state index contributed by atoms with van der Waals surface area (Å²) < 4.78 is 13.8. The molecular weight excluding hydrogens is 356 g/mol. The van der Waals surface area contributed by atoms with Crippen molar-refractivity contribution in [3.63, 3.8) is 0 Å². The fraction of sp³-hybridized carbons (Fsp3) is 0.200. The fourth-order valence-electron chi connectivity index (χ4n) is 2.56. The van der Waals surface area contributed by atoms with Crippen LogP contribution in [0.5, 0.6) is 0 Å². The molecule has 0 bridgehead atoms. The Hall–Kier alpha value is -1.51. The zero-order chi connectivity index (χ0) is 18.6. The van der Waals surface area contributed by atoms with Crippen LogP contribution in [-0.2, 0) is 8.23 Å². The van der Waals surface area contributed by atoms with Crippen molar-refractivity contribution in [1.29, 1.82) is 0 Å². The second-order valence-corrected chi connectivity index (χ2v) is 18.4. The Kier molecular flexibility index (Phi) is 6.18. The molecule has 0 N–H and O–H groups in total. The number of rotatable bonds is 8. The maximum atomic E-state index is 6.91. The van der Waals surface area contributed by atoms with E-state index >= 15 is 0 Å². The van der Waals surface area contributed by atoms with Crippen molar-refractivity contribution in [1.82, 2.24) is 0 Å². The van der Waals surface area contributed by atoms with E-state index in [0.29, 0.717) is 0 Å². The highest BCUT2D eigenvalue weighted by Gasteiger charge is 2.49. The Morgan fingerprint density at radius 1 is 0.640 bits per heavy atom. The van der Waals surface area contributed by atoms with E-state index in [1.165, 1.54) is 0 Å². The van der Waals surface area contributed by atoms with Crippen LogP contribution in [0.25, 0.3) is 0 Å². The molecule has 25 heavy (non-hydrogen) atoms. The summed E-state index contributed by atoms with van der Waals surface area (Å²) in [4.78, 5) is 0. The van der Waals surface area contributed by atoms with Crippen molar-refractivity contribution >= 4 is 35.6 Å². The Morgan fingerprint density at radius 2 is 0.960 bits per heavy atom. The molecule has 2 rings (SSSR count). The lowest BCUT2D eigenvalue weighted by Gasteiger charge is -2.41. The maximum Gasteiger partial charge on any atom is 0.386 e. The van der Waals surface area contributed by atoms with E-state index in [2.05, 4.69) is 87.9 Å². The molecule has 0 aliphatic rings. The first-order valence-corrected chi connectivity index (χ1v) is 16.3. The lowest BCUT2D eigenvalue weighted by molar-refractivity contribution is 0.418. The van der Waals surface area contributed by atoms with Gasteiger partial charge in [0.05, 0.1) is 0 Å². The van der Waals surface area contributed by atoms with Gasteiger partial charge in [-0.3, -0.25) is 0 Å². The van der Waals surface area contributed by atoms with E-state index in [4.69, 9.17) is 8.23 Å². The summed E-state index contributed by atoms with van der Waals surface area (Å²) in [6.07, 6.45) is 0. The molecule has 132 valence electrons. The van der Waals surface area contributed by atoms with Gasteiger partial charge in [-0.25, -0.2) is 0 Å². The monoisotopic (exact) mass is 384 g/mol. The largest absolute Gasteiger partial charge is 0.426 e. The normalized spacial score (nSPS) is 12.6. The average molecular weight is 385 g/mol. The van der Waals surface area contributed by atoms with Crippen LogP contribution >= 0.6 is 0 Å². The van der Waals surface area contributed by atoms with Gasteiger partial charge in [0.2, 0.25) is 16.6 Å². The van der Waals surface area contributed by atoms with Gasteiger partial charge in [0, 0.05) is 0 Å². The molecular formula is C20H28O2Si3. The quantitative estimate of drug-likeness (QED) is 0.637. The third-order valence-electron chi connectivity index (χ3n) is 4.10. The van der Waals surface area contributed by atoms with Crippen LogP contribution in [0, 0.1) is 0 Å². The minimum atomic E-state index is -2.88. The standard InChI is InChI=1S/C20H28O2Si3/c1-7-23(3,4)21-25(22-24(5,6)8-2,19-15-11-9-12-16-19)20-17-13-10-14-18-20/h7-18H,1-2H2,3-6H3. The molecule has 5 heteroatoms. The molecule has 2 aromatic carbocycles. The highest BCUT2D eigenvalue weighted by atomic mass is 28.5. The zero-order valence-electron chi connectivity index (χ0n) is 15.7. The van der Waals surface area contributed by atoms with Crippen molar-refractivity contribution < 1.29 is 8.23 Å². The Balaban J connectivity index is 2.73. The Labute approximate surface area is 155 Å². The predicted octanol–water partition coefficient (Wildman–Crippen LogP) is 4.14. The first-order valence-electron chi connectivity index (χ1n) is 8.53. The molecule has 2 aromatic rings. The van der Waals surface area contributed by atoms with Crippen LogP contribution in [0.1, 0.15) is 0 Å². The van der Waals surface area contributed by atoms with Gasteiger partial charge in [0.1, 0.15) is 0 Å². The van der Waals surface area contributed by atoms with Crippen molar-refractivity contribution in [3.8, 4) is 0 Å². The molecule has 0 atom stereocenters. The molecule has 0 heterocycles. The highest BCUT2D eigenvalue weighted by Crippen LogP contribution is 2.22. The number of benzene rings is 2. The number of hydrogen-bond donors (Lipinski definition) is 0. The van der Waals surface area contributed by atoms with Crippen LogP contribution in [-0.4, -0.2) is 25.2 Å². The van der Waals surface area contributed by atoms with Gasteiger partial charge in [0.15, 0.2) is 0 Å². The molecule has 0 radical (unpaired) electrons. The van der Waals surface area contributed by atoms with E-state index in [-0.39, 0.29) is 0 Å². The Bertz CT molecular complexity index is 649. The van der Waals surface area contributed by atoms with E-state index in [1.807, 2.05) is 23.5 Å². The molecule has 0 amide bonds. The maximum absolute atomic E-state index is 6.91. The van der Waals surface area contributed by atoms with Crippen molar-refractivity contribution in [3.05, 3.63) is 85.2 Å². The summed E-state index contributed by atoms with van der Waals surface area (Å²) in [7, 11) is -7.08. The molecule has 0 saturated carbocycles. The molecule has 0 unspecified atom stereocenters. The smallest absolute Gasteiger partial charge is 0.386 e.